The van der Waals surface area contributed by atoms with Crippen molar-refractivity contribution in [1.82, 2.24) is 9.88 Å². The van der Waals surface area contributed by atoms with Gasteiger partial charge in [-0.2, -0.15) is 0 Å². The molecule has 2 aromatic carbocycles. The van der Waals surface area contributed by atoms with Crippen LogP contribution in [0.1, 0.15) is 16.8 Å². The van der Waals surface area contributed by atoms with Crippen molar-refractivity contribution in [2.75, 3.05) is 26.8 Å². The first-order chi connectivity index (χ1) is 14.0. The molecule has 1 aliphatic heterocycles. The number of likely N-dealkylation sites (tertiary alicyclic amines) is 1. The van der Waals surface area contributed by atoms with Crippen LogP contribution in [-0.4, -0.2) is 53.7 Å². The molecule has 4 rings (SSSR count). The van der Waals surface area contributed by atoms with E-state index in [9.17, 15) is 14.7 Å². The van der Waals surface area contributed by atoms with Crippen LogP contribution in [0.15, 0.2) is 60.7 Å². The highest BCUT2D eigenvalue weighted by Gasteiger charge is 2.46. The SMILES string of the molecule is COCC1(C(=O)O)CCN(C(=O)c2cc(-c3ccccc3)nc3ccccc23)C1. The second-order valence-corrected chi connectivity index (χ2v) is 7.43. The van der Waals surface area contributed by atoms with Gasteiger partial charge in [0.05, 0.1) is 23.4 Å². The zero-order valence-electron chi connectivity index (χ0n) is 16.2. The van der Waals surface area contributed by atoms with Gasteiger partial charge in [0, 0.05) is 31.1 Å². The first-order valence-electron chi connectivity index (χ1n) is 9.51. The lowest BCUT2D eigenvalue weighted by molar-refractivity contribution is -0.151. The number of aliphatic carboxylic acids is 1. The number of benzene rings is 2. The number of nitrogens with zero attached hydrogens (tertiary/aromatic N) is 2. The number of hydrogen-bond acceptors (Lipinski definition) is 4. The van der Waals surface area contributed by atoms with Crippen molar-refractivity contribution < 1.29 is 19.4 Å². The van der Waals surface area contributed by atoms with Crippen LogP contribution in [-0.2, 0) is 9.53 Å². The van der Waals surface area contributed by atoms with E-state index in [4.69, 9.17) is 9.72 Å². The van der Waals surface area contributed by atoms with E-state index in [1.54, 1.807) is 11.0 Å². The predicted octanol–water partition coefficient (Wildman–Crippen LogP) is 3.47. The molecule has 6 nitrogen and oxygen atoms in total. The smallest absolute Gasteiger partial charge is 0.313 e. The third-order valence-electron chi connectivity index (χ3n) is 5.53. The molecule has 29 heavy (non-hydrogen) atoms. The fraction of sp³-hybridized carbons (Fsp3) is 0.261. The lowest BCUT2D eigenvalue weighted by atomic mass is 9.88. The summed E-state index contributed by atoms with van der Waals surface area (Å²) < 4.78 is 5.14. The van der Waals surface area contributed by atoms with Crippen molar-refractivity contribution in [2.24, 2.45) is 5.41 Å². The second kappa shape index (κ2) is 7.64. The van der Waals surface area contributed by atoms with Crippen molar-refractivity contribution >= 4 is 22.8 Å². The summed E-state index contributed by atoms with van der Waals surface area (Å²) >= 11 is 0. The summed E-state index contributed by atoms with van der Waals surface area (Å²) in [5, 5.41) is 10.5. The number of hydrogen-bond donors (Lipinski definition) is 1. The average molecular weight is 390 g/mol. The number of ether oxygens (including phenoxy) is 1. The summed E-state index contributed by atoms with van der Waals surface area (Å²) in [5.41, 5.74) is 1.85. The van der Waals surface area contributed by atoms with Gasteiger partial charge in [-0.25, -0.2) is 4.98 Å². The summed E-state index contributed by atoms with van der Waals surface area (Å²) in [4.78, 5) is 31.6. The summed E-state index contributed by atoms with van der Waals surface area (Å²) in [7, 11) is 1.48. The molecule has 1 fully saturated rings. The highest BCUT2D eigenvalue weighted by molar-refractivity contribution is 6.07. The molecule has 0 radical (unpaired) electrons. The number of aromatic nitrogens is 1. The Kier molecular flexibility index (Phi) is 5.03. The van der Waals surface area contributed by atoms with Crippen molar-refractivity contribution in [3.05, 3.63) is 66.2 Å². The number of carbonyl (C=O) groups is 2. The Labute approximate surface area is 168 Å². The van der Waals surface area contributed by atoms with E-state index in [-0.39, 0.29) is 19.1 Å². The number of pyridine rings is 1. The van der Waals surface area contributed by atoms with E-state index in [0.29, 0.717) is 24.2 Å². The average Bonchev–Trinajstić information content (AvgIpc) is 3.19. The standard InChI is InChI=1S/C23H22N2O4/c1-29-15-23(22(27)28)11-12-25(14-23)21(26)18-13-20(16-7-3-2-4-8-16)24-19-10-6-5-9-17(18)19/h2-10,13H,11-12,14-15H2,1H3,(H,27,28). The van der Waals surface area contributed by atoms with Crippen molar-refractivity contribution in [2.45, 2.75) is 6.42 Å². The monoisotopic (exact) mass is 390 g/mol. The minimum atomic E-state index is -1.06. The Morgan fingerprint density at radius 1 is 1.14 bits per heavy atom. The molecule has 1 saturated heterocycles. The number of rotatable bonds is 5. The van der Waals surface area contributed by atoms with Gasteiger partial charge in [-0.3, -0.25) is 9.59 Å². The molecule has 0 aliphatic carbocycles. The van der Waals surface area contributed by atoms with Crippen LogP contribution in [0.25, 0.3) is 22.2 Å². The first-order valence-corrected chi connectivity index (χ1v) is 9.51. The molecule has 0 bridgehead atoms. The number of para-hydroxylation sites is 1. The van der Waals surface area contributed by atoms with Crippen LogP contribution < -0.4 is 0 Å². The van der Waals surface area contributed by atoms with E-state index in [1.165, 1.54) is 7.11 Å². The van der Waals surface area contributed by atoms with Gasteiger partial charge in [0.2, 0.25) is 0 Å². The molecular formula is C23H22N2O4. The van der Waals surface area contributed by atoms with Crippen molar-refractivity contribution in [1.29, 1.82) is 0 Å². The van der Waals surface area contributed by atoms with E-state index in [0.717, 1.165) is 16.5 Å². The molecule has 2 heterocycles. The molecule has 1 atom stereocenters. The summed E-state index contributed by atoms with van der Waals surface area (Å²) in [6.07, 6.45) is 0.371. The highest BCUT2D eigenvalue weighted by atomic mass is 16.5. The van der Waals surface area contributed by atoms with Crippen molar-refractivity contribution in [3.8, 4) is 11.3 Å². The molecule has 6 heteroatoms. The summed E-state index contributed by atoms with van der Waals surface area (Å²) in [5.74, 6) is -1.11. The van der Waals surface area contributed by atoms with Gasteiger partial charge < -0.3 is 14.7 Å². The van der Waals surface area contributed by atoms with E-state index in [1.807, 2.05) is 54.6 Å². The Morgan fingerprint density at radius 2 is 1.86 bits per heavy atom. The number of methoxy groups -OCH3 is 1. The molecule has 0 spiro atoms. The van der Waals surface area contributed by atoms with Crippen LogP contribution in [0.5, 0.6) is 0 Å². The summed E-state index contributed by atoms with van der Waals surface area (Å²) in [6.45, 7) is 0.594. The van der Waals surface area contributed by atoms with Crippen LogP contribution in [0.2, 0.25) is 0 Å². The van der Waals surface area contributed by atoms with Crippen molar-refractivity contribution in [3.63, 3.8) is 0 Å². The van der Waals surface area contributed by atoms with Gasteiger partial charge in [-0.05, 0) is 18.6 Å². The maximum Gasteiger partial charge on any atom is 0.313 e. The quantitative estimate of drug-likeness (QED) is 0.722. The van der Waals surface area contributed by atoms with Crippen LogP contribution in [0.3, 0.4) is 0 Å². The minimum absolute atomic E-state index is 0.0818. The van der Waals surface area contributed by atoms with Crippen LogP contribution in [0, 0.1) is 5.41 Å². The highest BCUT2D eigenvalue weighted by Crippen LogP contribution is 2.33. The molecule has 1 aliphatic rings. The van der Waals surface area contributed by atoms with Gasteiger partial charge in [0.25, 0.3) is 5.91 Å². The number of fused-ring (bicyclic) bond motifs is 1. The lowest BCUT2D eigenvalue weighted by Gasteiger charge is -2.24. The number of amides is 1. The largest absolute Gasteiger partial charge is 0.481 e. The first kappa shape index (κ1) is 19.1. The Morgan fingerprint density at radius 3 is 2.59 bits per heavy atom. The third-order valence-corrected chi connectivity index (χ3v) is 5.53. The number of carboxylic acid groups (broad SMARTS) is 1. The van der Waals surface area contributed by atoms with Gasteiger partial charge in [0.15, 0.2) is 0 Å². The number of carboxylic acids is 1. The van der Waals surface area contributed by atoms with Crippen LogP contribution >= 0.6 is 0 Å². The van der Waals surface area contributed by atoms with Gasteiger partial charge in [0.1, 0.15) is 5.41 Å². The second-order valence-electron chi connectivity index (χ2n) is 7.43. The minimum Gasteiger partial charge on any atom is -0.481 e. The molecule has 3 aromatic rings. The summed E-state index contributed by atoms with van der Waals surface area (Å²) in [6, 6.07) is 19.0. The van der Waals surface area contributed by atoms with Gasteiger partial charge in [-0.15, -0.1) is 0 Å². The fourth-order valence-corrected chi connectivity index (χ4v) is 3.96. The number of carbonyl (C=O) groups excluding carboxylic acids is 1. The Balaban J connectivity index is 1.75. The molecule has 1 aromatic heterocycles. The predicted molar refractivity (Wildman–Crippen MR) is 110 cm³/mol. The van der Waals surface area contributed by atoms with Gasteiger partial charge >= 0.3 is 5.97 Å². The zero-order chi connectivity index (χ0) is 20.4. The van der Waals surface area contributed by atoms with Crippen LogP contribution in [0.4, 0.5) is 0 Å². The molecule has 1 unspecified atom stereocenters. The maximum absolute atomic E-state index is 13.4. The molecule has 0 saturated carbocycles. The third kappa shape index (κ3) is 3.47. The Bertz CT molecular complexity index is 1070. The molecule has 148 valence electrons. The lowest BCUT2D eigenvalue weighted by Crippen LogP contribution is -2.40. The van der Waals surface area contributed by atoms with E-state index in [2.05, 4.69) is 0 Å². The van der Waals surface area contributed by atoms with E-state index < -0.39 is 11.4 Å². The fourth-order valence-electron chi connectivity index (χ4n) is 3.96. The maximum atomic E-state index is 13.4. The molecule has 1 N–H and O–H groups in total. The normalized spacial score (nSPS) is 18.9. The Hall–Kier alpha value is -3.25. The zero-order valence-corrected chi connectivity index (χ0v) is 16.2. The molecular weight excluding hydrogens is 368 g/mol. The molecule has 1 amide bonds. The topological polar surface area (TPSA) is 79.7 Å². The van der Waals surface area contributed by atoms with Gasteiger partial charge in [-0.1, -0.05) is 48.5 Å². The van der Waals surface area contributed by atoms with E-state index >= 15 is 0 Å².